The van der Waals surface area contributed by atoms with Crippen LogP contribution in [-0.4, -0.2) is 314 Å². The molecule has 0 bridgehead atoms. The number of hydrogen-bond acceptors (Lipinski definition) is 22. The summed E-state index contributed by atoms with van der Waals surface area (Å²) in [5, 5.41) is 14.1. The van der Waals surface area contributed by atoms with Crippen molar-refractivity contribution in [1.29, 1.82) is 0 Å². The van der Waals surface area contributed by atoms with Crippen molar-refractivity contribution in [3.05, 3.63) is 0 Å². The average Bonchev–Trinajstić information content (AvgIpc) is 3.29. The van der Waals surface area contributed by atoms with E-state index in [-0.39, 0.29) is 0 Å². The lowest BCUT2D eigenvalue weighted by Gasteiger charge is -2.34. The Hall–Kier alpha value is -0.880. The summed E-state index contributed by atoms with van der Waals surface area (Å²) in [4.78, 5) is 20.2. The van der Waals surface area contributed by atoms with Crippen LogP contribution < -0.4 is 78.6 Å². The maximum atomic E-state index is 5.99. The second kappa shape index (κ2) is 48.6. The molecule has 0 aromatic carbocycles. The van der Waals surface area contributed by atoms with Gasteiger partial charge in [-0.25, -0.2) is 0 Å². The van der Waals surface area contributed by atoms with Crippen molar-refractivity contribution in [1.82, 2.24) is 60.5 Å². The Bertz CT molecular complexity index is 860. The molecule has 0 rings (SSSR count). The largest absolute Gasteiger partial charge is 0.329 e. The van der Waals surface area contributed by atoms with E-state index in [1.165, 1.54) is 0 Å². The smallest absolute Gasteiger partial charge is 0.0110 e. The number of nitrogens with one attached hydrogen (secondary N) is 4. The summed E-state index contributed by atoms with van der Waals surface area (Å²) in [6, 6.07) is 0. The molecular formula is C42H108N22. The van der Waals surface area contributed by atoms with Crippen LogP contribution in [0, 0.1) is 0 Å². The van der Waals surface area contributed by atoms with Crippen LogP contribution in [0.1, 0.15) is 0 Å². The zero-order chi connectivity index (χ0) is 47.1. The minimum atomic E-state index is 0.627. The van der Waals surface area contributed by atoms with E-state index in [1.807, 2.05) is 0 Å². The Morgan fingerprint density at radius 1 is 0.156 bits per heavy atom. The number of nitrogens with zero attached hydrogens (tertiary/aromatic N) is 8. The summed E-state index contributed by atoms with van der Waals surface area (Å²) in [6.45, 7) is 35.5. The molecule has 0 saturated carbocycles. The van der Waals surface area contributed by atoms with E-state index in [0.29, 0.717) is 65.4 Å². The van der Waals surface area contributed by atoms with Crippen molar-refractivity contribution in [2.24, 2.45) is 57.3 Å². The number of hydrogen-bond donors (Lipinski definition) is 14. The number of rotatable bonds is 53. The summed E-state index contributed by atoms with van der Waals surface area (Å²) < 4.78 is 0. The Morgan fingerprint density at radius 2 is 0.297 bits per heavy atom. The Labute approximate surface area is 391 Å². The van der Waals surface area contributed by atoms with Crippen molar-refractivity contribution in [2.75, 3.05) is 275 Å². The molecule has 0 amide bonds. The minimum Gasteiger partial charge on any atom is -0.329 e. The molecule has 0 aliphatic carbocycles. The predicted molar refractivity (Wildman–Crippen MR) is 274 cm³/mol. The second-order valence-corrected chi connectivity index (χ2v) is 16.6. The lowest BCUT2D eigenvalue weighted by atomic mass is 10.3. The first kappa shape index (κ1) is 63.1. The molecule has 64 heavy (non-hydrogen) atoms. The van der Waals surface area contributed by atoms with Gasteiger partial charge in [0.1, 0.15) is 0 Å². The summed E-state index contributed by atoms with van der Waals surface area (Å²) in [5.74, 6) is 0. The van der Waals surface area contributed by atoms with Gasteiger partial charge < -0.3 is 78.6 Å². The van der Waals surface area contributed by atoms with Crippen LogP contribution in [0.3, 0.4) is 0 Å². The second-order valence-electron chi connectivity index (χ2n) is 16.6. The van der Waals surface area contributed by atoms with Gasteiger partial charge in [-0.2, -0.15) is 0 Å². The van der Waals surface area contributed by atoms with E-state index in [1.54, 1.807) is 0 Å². The van der Waals surface area contributed by atoms with Gasteiger partial charge in [0.15, 0.2) is 0 Å². The molecule has 386 valence electrons. The molecular weight excluding hydrogens is 813 g/mol. The molecule has 0 aromatic rings. The predicted octanol–water partition coefficient (Wildman–Crippen LogP) is -8.65. The van der Waals surface area contributed by atoms with Crippen molar-refractivity contribution in [3.63, 3.8) is 0 Å². The lowest BCUT2D eigenvalue weighted by molar-refractivity contribution is 0.135. The molecule has 22 nitrogen and oxygen atoms in total. The lowest BCUT2D eigenvalue weighted by Crippen LogP contribution is -2.49. The van der Waals surface area contributed by atoms with Crippen LogP contribution in [-0.2, 0) is 0 Å². The molecule has 22 heteroatoms. The zero-order valence-corrected chi connectivity index (χ0v) is 41.0. The van der Waals surface area contributed by atoms with Gasteiger partial charge in [-0.3, -0.25) is 39.2 Å². The fourth-order valence-electron chi connectivity index (χ4n) is 7.62. The highest BCUT2D eigenvalue weighted by Crippen LogP contribution is 2.02. The van der Waals surface area contributed by atoms with Crippen LogP contribution in [0.4, 0.5) is 0 Å². The van der Waals surface area contributed by atoms with Gasteiger partial charge in [-0.05, 0) is 0 Å². The third kappa shape index (κ3) is 38.1. The first-order valence-corrected chi connectivity index (χ1v) is 25.0. The molecule has 0 aromatic heterocycles. The highest BCUT2D eigenvalue weighted by atomic mass is 15.3. The van der Waals surface area contributed by atoms with E-state index >= 15 is 0 Å². The highest BCUT2D eigenvalue weighted by Gasteiger charge is 2.17. The topological polar surface area (TPSA) is 334 Å². The number of nitrogens with two attached hydrogens (primary N) is 10. The molecule has 0 radical (unpaired) electrons. The molecule has 0 unspecified atom stereocenters. The van der Waals surface area contributed by atoms with E-state index in [2.05, 4.69) is 60.5 Å². The van der Waals surface area contributed by atoms with Crippen molar-refractivity contribution in [3.8, 4) is 0 Å². The molecule has 0 heterocycles. The maximum absolute atomic E-state index is 5.99. The van der Waals surface area contributed by atoms with Crippen LogP contribution >= 0.6 is 0 Å². The van der Waals surface area contributed by atoms with E-state index in [4.69, 9.17) is 57.3 Å². The summed E-state index contributed by atoms with van der Waals surface area (Å²) in [5.41, 5.74) is 59.2. The molecule has 0 saturated heterocycles. The van der Waals surface area contributed by atoms with Crippen LogP contribution in [0.5, 0.6) is 0 Å². The molecule has 0 spiro atoms. The fourth-order valence-corrected chi connectivity index (χ4v) is 7.62. The molecule has 0 fully saturated rings. The fraction of sp³-hybridized carbons (Fsp3) is 1.00. The van der Waals surface area contributed by atoms with Gasteiger partial charge in [0.05, 0.1) is 0 Å². The van der Waals surface area contributed by atoms with Gasteiger partial charge in [0.25, 0.3) is 0 Å². The van der Waals surface area contributed by atoms with Crippen LogP contribution in [0.2, 0.25) is 0 Å². The van der Waals surface area contributed by atoms with Crippen molar-refractivity contribution in [2.45, 2.75) is 0 Å². The van der Waals surface area contributed by atoms with Gasteiger partial charge in [-0.1, -0.05) is 0 Å². The van der Waals surface area contributed by atoms with E-state index in [9.17, 15) is 0 Å². The van der Waals surface area contributed by atoms with Crippen molar-refractivity contribution >= 4 is 0 Å². The highest BCUT2D eigenvalue weighted by molar-refractivity contribution is 4.75. The van der Waals surface area contributed by atoms with Gasteiger partial charge >= 0.3 is 0 Å². The summed E-state index contributed by atoms with van der Waals surface area (Å²) in [6.07, 6.45) is 0. The molecule has 0 aliphatic heterocycles. The van der Waals surface area contributed by atoms with Crippen molar-refractivity contribution < 1.29 is 0 Å². The average molecular weight is 921 g/mol. The normalized spacial score (nSPS) is 12.5. The standard InChI is InChI=1S/C42H108N22/c43-1-11-53-15-25-60(32-29-57(19-5-47)20-6-48)35-36-63(28-18-56-14-4-46)39-42-64(40-37-61(26-16-54-12-2-44)33-30-58(21-7-49)22-8-50)41-38-62(27-17-55-13-3-45)34-31-59(23-9-51)24-10-52/h53-56H,1-52H2. The first-order chi connectivity index (χ1) is 31.4. The van der Waals surface area contributed by atoms with Crippen LogP contribution in [0.25, 0.3) is 0 Å². The summed E-state index contributed by atoms with van der Waals surface area (Å²) >= 11 is 0. The minimum absolute atomic E-state index is 0.627. The van der Waals surface area contributed by atoms with E-state index in [0.717, 1.165) is 209 Å². The van der Waals surface area contributed by atoms with Gasteiger partial charge in [0, 0.05) is 275 Å². The van der Waals surface area contributed by atoms with Gasteiger partial charge in [-0.15, -0.1) is 0 Å². The van der Waals surface area contributed by atoms with Gasteiger partial charge in [0.2, 0.25) is 0 Å². The molecule has 0 atom stereocenters. The first-order valence-electron chi connectivity index (χ1n) is 25.0. The Morgan fingerprint density at radius 3 is 0.438 bits per heavy atom. The quantitative estimate of drug-likeness (QED) is 0.0252. The third-order valence-electron chi connectivity index (χ3n) is 11.5. The monoisotopic (exact) mass is 921 g/mol. The Balaban J connectivity index is 6.38. The summed E-state index contributed by atoms with van der Waals surface area (Å²) in [7, 11) is 0. The zero-order valence-electron chi connectivity index (χ0n) is 41.0. The van der Waals surface area contributed by atoms with E-state index < -0.39 is 0 Å². The van der Waals surface area contributed by atoms with Crippen LogP contribution in [0.15, 0.2) is 0 Å². The third-order valence-corrected chi connectivity index (χ3v) is 11.5. The molecule has 24 N–H and O–H groups in total. The SMILES string of the molecule is NCCNCCN(CCN(CCN)CCN)CCN(CCNCCN)CCN(CCN(CCNCCN)CCN(CCN)CCN)CCN(CCNCCN)CCN(CCN)CCN. The maximum Gasteiger partial charge on any atom is 0.0110 e. The Kier molecular flexibility index (Phi) is 47.9. The molecule has 0 aliphatic rings.